The van der Waals surface area contributed by atoms with E-state index in [9.17, 15) is 13.6 Å². The molecule has 100 valence electrons. The lowest BCUT2D eigenvalue weighted by molar-refractivity contribution is 0.0974. The summed E-state index contributed by atoms with van der Waals surface area (Å²) in [6.45, 7) is 0. The van der Waals surface area contributed by atoms with Crippen LogP contribution in [0.25, 0.3) is 0 Å². The highest BCUT2D eigenvalue weighted by molar-refractivity contribution is 6.30. The Bertz CT molecular complexity index is 698. The third-order valence-electron chi connectivity index (χ3n) is 2.71. The van der Waals surface area contributed by atoms with Crippen LogP contribution in [0.2, 0.25) is 5.02 Å². The molecule has 1 aromatic heterocycles. The maximum absolute atomic E-state index is 13.7. The molecule has 2 aromatic rings. The van der Waals surface area contributed by atoms with E-state index in [1.807, 2.05) is 0 Å². The van der Waals surface area contributed by atoms with Crippen LogP contribution in [0.3, 0.4) is 0 Å². The van der Waals surface area contributed by atoms with E-state index in [1.54, 1.807) is 6.07 Å². The van der Waals surface area contributed by atoms with Crippen molar-refractivity contribution in [3.05, 3.63) is 64.4 Å². The van der Waals surface area contributed by atoms with Crippen molar-refractivity contribution < 1.29 is 13.6 Å². The van der Waals surface area contributed by atoms with Crippen LogP contribution >= 0.6 is 11.6 Å². The Balaban J connectivity index is 2.45. The van der Waals surface area contributed by atoms with Gasteiger partial charge in [0.05, 0.1) is 16.7 Å². The highest BCUT2D eigenvalue weighted by Gasteiger charge is 2.25. The van der Waals surface area contributed by atoms with Gasteiger partial charge in [0.25, 0.3) is 0 Å². The molecule has 20 heavy (non-hydrogen) atoms. The Morgan fingerprint density at radius 2 is 1.90 bits per heavy atom. The lowest BCUT2D eigenvalue weighted by Crippen LogP contribution is -2.13. The van der Waals surface area contributed by atoms with Gasteiger partial charge in [0.1, 0.15) is 17.6 Å². The number of hydrogen-bond donors (Lipinski definition) is 0. The van der Waals surface area contributed by atoms with Crippen LogP contribution in [0.5, 0.6) is 0 Å². The van der Waals surface area contributed by atoms with E-state index < -0.39 is 33.9 Å². The molecule has 6 heteroatoms. The molecule has 0 aliphatic rings. The molecule has 1 aromatic carbocycles. The smallest absolute Gasteiger partial charge is 0.187 e. The van der Waals surface area contributed by atoms with E-state index in [-0.39, 0.29) is 0 Å². The number of nitrogens with zero attached hydrogens (tertiary/aromatic N) is 2. The minimum atomic E-state index is -1.23. The third kappa shape index (κ3) is 2.65. The van der Waals surface area contributed by atoms with Gasteiger partial charge in [-0.25, -0.2) is 8.78 Å². The summed E-state index contributed by atoms with van der Waals surface area (Å²) in [5, 5.41) is 8.67. The fourth-order valence-electron chi connectivity index (χ4n) is 1.71. The molecule has 2 rings (SSSR count). The molecule has 1 heterocycles. The van der Waals surface area contributed by atoms with Gasteiger partial charge < -0.3 is 0 Å². The van der Waals surface area contributed by atoms with Gasteiger partial charge in [-0.05, 0) is 29.8 Å². The zero-order chi connectivity index (χ0) is 14.7. The molecule has 3 nitrogen and oxygen atoms in total. The number of carbonyl (C=O) groups is 1. The first-order valence-electron chi connectivity index (χ1n) is 5.53. The molecule has 0 spiro atoms. The molecule has 1 unspecified atom stereocenters. The number of rotatable bonds is 3. The van der Waals surface area contributed by atoms with E-state index >= 15 is 0 Å². The summed E-state index contributed by atoms with van der Waals surface area (Å²) in [6.07, 6.45) is 2.82. The topological polar surface area (TPSA) is 53.8 Å². The van der Waals surface area contributed by atoms with E-state index in [0.717, 1.165) is 0 Å². The van der Waals surface area contributed by atoms with E-state index in [2.05, 4.69) is 4.98 Å². The average Bonchev–Trinajstić information content (AvgIpc) is 2.44. The lowest BCUT2D eigenvalue weighted by Gasteiger charge is -2.09. The van der Waals surface area contributed by atoms with Crippen molar-refractivity contribution in [3.8, 4) is 6.07 Å². The number of benzene rings is 1. The minimum Gasteiger partial charge on any atom is -0.292 e. The molecule has 0 amide bonds. The zero-order valence-corrected chi connectivity index (χ0v) is 10.7. The number of halogens is 3. The largest absolute Gasteiger partial charge is 0.292 e. The van der Waals surface area contributed by atoms with Gasteiger partial charge in [0.15, 0.2) is 5.78 Å². The molecule has 0 radical (unpaired) electrons. The second kappa shape index (κ2) is 5.76. The summed E-state index contributed by atoms with van der Waals surface area (Å²) >= 11 is 5.42. The SMILES string of the molecule is N#CC(C(=O)c1cc(F)c(Cl)cc1F)c1ccncc1. The predicted octanol–water partition coefficient (Wildman–Crippen LogP) is 3.50. The molecule has 0 fully saturated rings. The molecule has 0 aliphatic heterocycles. The van der Waals surface area contributed by atoms with Crippen molar-refractivity contribution >= 4 is 17.4 Å². The molecule has 0 aliphatic carbocycles. The average molecular weight is 293 g/mol. The Kier molecular flexibility index (Phi) is 4.06. The van der Waals surface area contributed by atoms with Gasteiger partial charge in [-0.15, -0.1) is 0 Å². The fourth-order valence-corrected chi connectivity index (χ4v) is 1.86. The first-order chi connectivity index (χ1) is 9.54. The van der Waals surface area contributed by atoms with E-state index in [0.29, 0.717) is 17.7 Å². The normalized spacial score (nSPS) is 11.7. The van der Waals surface area contributed by atoms with Crippen molar-refractivity contribution in [1.29, 1.82) is 5.26 Å². The highest BCUT2D eigenvalue weighted by Crippen LogP contribution is 2.25. The third-order valence-corrected chi connectivity index (χ3v) is 3.00. The Morgan fingerprint density at radius 3 is 2.50 bits per heavy atom. The molecular formula is C14H7ClF2N2O. The molecule has 0 N–H and O–H groups in total. The molecule has 1 atom stereocenters. The van der Waals surface area contributed by atoms with Crippen LogP contribution in [-0.2, 0) is 0 Å². The van der Waals surface area contributed by atoms with Gasteiger partial charge in [0, 0.05) is 12.4 Å². The van der Waals surface area contributed by atoms with Crippen LogP contribution in [0.15, 0.2) is 36.7 Å². The summed E-state index contributed by atoms with van der Waals surface area (Å²) in [5.74, 6) is -3.93. The van der Waals surface area contributed by atoms with Gasteiger partial charge in [-0.2, -0.15) is 5.26 Å². The maximum atomic E-state index is 13.7. The molecular weight excluding hydrogens is 286 g/mol. The number of pyridine rings is 1. The summed E-state index contributed by atoms with van der Waals surface area (Å²) in [7, 11) is 0. The summed E-state index contributed by atoms with van der Waals surface area (Å²) < 4.78 is 27.0. The predicted molar refractivity (Wildman–Crippen MR) is 68.3 cm³/mol. The van der Waals surface area contributed by atoms with Crippen LogP contribution in [0.1, 0.15) is 21.8 Å². The van der Waals surface area contributed by atoms with E-state index in [4.69, 9.17) is 16.9 Å². The van der Waals surface area contributed by atoms with Gasteiger partial charge in [-0.1, -0.05) is 11.6 Å². The van der Waals surface area contributed by atoms with Crippen LogP contribution in [0.4, 0.5) is 8.78 Å². The van der Waals surface area contributed by atoms with E-state index in [1.165, 1.54) is 24.5 Å². The standard InChI is InChI=1S/C14H7ClF2N2O/c15-11-6-12(16)9(5-13(11)17)14(20)10(7-18)8-1-3-19-4-2-8/h1-6,10H. The van der Waals surface area contributed by atoms with Crippen molar-refractivity contribution in [1.82, 2.24) is 4.98 Å². The van der Waals surface area contributed by atoms with Crippen LogP contribution < -0.4 is 0 Å². The van der Waals surface area contributed by atoms with Gasteiger partial charge >= 0.3 is 0 Å². The number of Topliss-reactive ketones (excluding diaryl/α,β-unsaturated/α-hetero) is 1. The maximum Gasteiger partial charge on any atom is 0.187 e. The number of ketones is 1. The summed E-state index contributed by atoms with van der Waals surface area (Å²) in [5.41, 5.74) is -0.141. The van der Waals surface area contributed by atoms with Gasteiger partial charge in [0.2, 0.25) is 0 Å². The second-order valence-corrected chi connectivity index (χ2v) is 4.36. The number of aromatic nitrogens is 1. The first kappa shape index (κ1) is 14.1. The quantitative estimate of drug-likeness (QED) is 0.642. The Hall–Kier alpha value is -2.32. The molecule has 0 saturated heterocycles. The van der Waals surface area contributed by atoms with Crippen LogP contribution in [-0.4, -0.2) is 10.8 Å². The zero-order valence-electron chi connectivity index (χ0n) is 9.98. The second-order valence-electron chi connectivity index (χ2n) is 3.95. The Morgan fingerprint density at radius 1 is 1.25 bits per heavy atom. The van der Waals surface area contributed by atoms with Crippen molar-refractivity contribution in [2.45, 2.75) is 5.92 Å². The Labute approximate surface area is 118 Å². The van der Waals surface area contributed by atoms with Crippen molar-refractivity contribution in [3.63, 3.8) is 0 Å². The lowest BCUT2D eigenvalue weighted by atomic mass is 9.92. The summed E-state index contributed by atoms with van der Waals surface area (Å²) in [4.78, 5) is 15.9. The number of carbonyl (C=O) groups excluding carboxylic acids is 1. The van der Waals surface area contributed by atoms with Gasteiger partial charge in [-0.3, -0.25) is 9.78 Å². The molecule has 0 bridgehead atoms. The van der Waals surface area contributed by atoms with Crippen molar-refractivity contribution in [2.24, 2.45) is 0 Å². The number of hydrogen-bond acceptors (Lipinski definition) is 3. The fraction of sp³-hybridized carbons (Fsp3) is 0.0714. The minimum absolute atomic E-state index is 0.363. The monoisotopic (exact) mass is 292 g/mol. The summed E-state index contributed by atoms with van der Waals surface area (Å²) in [6, 6.07) is 6.13. The van der Waals surface area contributed by atoms with Crippen molar-refractivity contribution in [2.75, 3.05) is 0 Å². The highest BCUT2D eigenvalue weighted by atomic mass is 35.5. The molecule has 0 saturated carbocycles. The number of nitriles is 1. The first-order valence-corrected chi connectivity index (χ1v) is 5.90. The van der Waals surface area contributed by atoms with Crippen LogP contribution in [0, 0.1) is 23.0 Å².